The van der Waals surface area contributed by atoms with Gasteiger partial charge in [-0.15, -0.1) is 0 Å². The Morgan fingerprint density at radius 2 is 2.30 bits per heavy atom. The Bertz CT molecular complexity index is 608. The minimum absolute atomic E-state index is 0.0414. The van der Waals surface area contributed by atoms with Gasteiger partial charge < -0.3 is 10.6 Å². The molecule has 7 heteroatoms. The van der Waals surface area contributed by atoms with Crippen LogP contribution >= 0.6 is 11.6 Å². The lowest BCUT2D eigenvalue weighted by atomic mass is 10.2. The number of benzene rings is 1. The molecule has 0 aliphatic rings. The summed E-state index contributed by atoms with van der Waals surface area (Å²) in [6.07, 6.45) is 3.02. The Balaban J connectivity index is 2.04. The van der Waals surface area contributed by atoms with Gasteiger partial charge in [0.1, 0.15) is 12.4 Å². The lowest BCUT2D eigenvalue weighted by Gasteiger charge is -2.18. The molecular weight excluding hydrogens is 283 g/mol. The topological polar surface area (TPSA) is 64.2 Å². The molecule has 0 spiro atoms. The molecule has 0 saturated heterocycles. The second kappa shape index (κ2) is 5.92. The molecule has 2 aromatic rings. The lowest BCUT2D eigenvalue weighted by Crippen LogP contribution is -2.30. The fourth-order valence-corrected chi connectivity index (χ4v) is 1.96. The zero-order chi connectivity index (χ0) is 14.7. The van der Waals surface area contributed by atoms with Crippen molar-refractivity contribution in [2.75, 3.05) is 12.8 Å². The summed E-state index contributed by atoms with van der Waals surface area (Å²) in [5.74, 6) is -0.645. The molecule has 1 aromatic carbocycles. The summed E-state index contributed by atoms with van der Waals surface area (Å²) in [4.78, 5) is 13.4. The normalized spacial score (nSPS) is 10.6. The first-order valence-electron chi connectivity index (χ1n) is 5.92. The highest BCUT2D eigenvalue weighted by Gasteiger charge is 2.14. The number of nitrogens with two attached hydrogens (primary N) is 1. The van der Waals surface area contributed by atoms with Gasteiger partial charge in [0, 0.05) is 30.4 Å². The molecule has 0 unspecified atom stereocenters. The molecule has 0 aliphatic carbocycles. The van der Waals surface area contributed by atoms with E-state index >= 15 is 0 Å². The number of anilines is 1. The molecule has 1 amide bonds. The first kappa shape index (κ1) is 14.3. The van der Waals surface area contributed by atoms with Crippen LogP contribution in [0.5, 0.6) is 0 Å². The number of likely N-dealkylation sites (N-methyl/N-ethyl adjacent to an activating group) is 1. The standard InChI is InChI=1S/C13H14ClFN4O/c1-18(7-10-11(14)3-2-4-12(10)15)13(20)8-19-6-9(16)5-17-19/h2-6H,7-8,16H2,1H3. The van der Waals surface area contributed by atoms with E-state index in [-0.39, 0.29) is 19.0 Å². The molecule has 20 heavy (non-hydrogen) atoms. The average Bonchev–Trinajstić information content (AvgIpc) is 2.79. The molecule has 0 saturated carbocycles. The fourth-order valence-electron chi connectivity index (χ4n) is 1.73. The quantitative estimate of drug-likeness (QED) is 0.937. The van der Waals surface area contributed by atoms with Gasteiger partial charge in [-0.05, 0) is 12.1 Å². The van der Waals surface area contributed by atoms with Crippen molar-refractivity contribution in [3.63, 3.8) is 0 Å². The zero-order valence-electron chi connectivity index (χ0n) is 10.9. The van der Waals surface area contributed by atoms with Crippen molar-refractivity contribution in [3.05, 3.63) is 47.0 Å². The second-order valence-corrected chi connectivity index (χ2v) is 4.83. The second-order valence-electron chi connectivity index (χ2n) is 4.42. The first-order chi connectivity index (χ1) is 9.47. The van der Waals surface area contributed by atoms with E-state index in [1.54, 1.807) is 19.3 Å². The van der Waals surface area contributed by atoms with E-state index in [4.69, 9.17) is 17.3 Å². The van der Waals surface area contributed by atoms with Crippen LogP contribution in [0.1, 0.15) is 5.56 Å². The first-order valence-corrected chi connectivity index (χ1v) is 6.30. The Labute approximate surface area is 120 Å². The van der Waals surface area contributed by atoms with E-state index in [2.05, 4.69) is 5.10 Å². The van der Waals surface area contributed by atoms with Gasteiger partial charge in [-0.3, -0.25) is 9.48 Å². The van der Waals surface area contributed by atoms with Gasteiger partial charge in [0.25, 0.3) is 0 Å². The van der Waals surface area contributed by atoms with E-state index < -0.39 is 5.82 Å². The number of hydrogen-bond donors (Lipinski definition) is 1. The van der Waals surface area contributed by atoms with Crippen LogP contribution in [0.25, 0.3) is 0 Å². The van der Waals surface area contributed by atoms with Crippen LogP contribution in [0.3, 0.4) is 0 Å². The van der Waals surface area contributed by atoms with Gasteiger partial charge >= 0.3 is 0 Å². The summed E-state index contributed by atoms with van der Waals surface area (Å²) in [6, 6.07) is 4.43. The number of nitrogen functional groups attached to an aromatic ring is 1. The fraction of sp³-hybridized carbons (Fsp3) is 0.231. The lowest BCUT2D eigenvalue weighted by molar-refractivity contribution is -0.131. The van der Waals surface area contributed by atoms with Crippen molar-refractivity contribution in [2.24, 2.45) is 0 Å². The van der Waals surface area contributed by atoms with Gasteiger partial charge in [0.15, 0.2) is 0 Å². The van der Waals surface area contributed by atoms with Crippen molar-refractivity contribution < 1.29 is 9.18 Å². The van der Waals surface area contributed by atoms with E-state index in [1.807, 2.05) is 0 Å². The molecule has 0 radical (unpaired) electrons. The van der Waals surface area contributed by atoms with Gasteiger partial charge in [0.2, 0.25) is 5.91 Å². The highest BCUT2D eigenvalue weighted by Crippen LogP contribution is 2.20. The van der Waals surface area contributed by atoms with Gasteiger partial charge in [0.05, 0.1) is 11.9 Å². The van der Waals surface area contributed by atoms with Gasteiger partial charge in [-0.1, -0.05) is 17.7 Å². The van der Waals surface area contributed by atoms with E-state index in [9.17, 15) is 9.18 Å². The summed E-state index contributed by atoms with van der Waals surface area (Å²) in [5.41, 5.74) is 6.30. The Morgan fingerprint density at radius 1 is 1.55 bits per heavy atom. The predicted molar refractivity (Wildman–Crippen MR) is 74.5 cm³/mol. The largest absolute Gasteiger partial charge is 0.396 e. The third-order valence-corrected chi connectivity index (χ3v) is 3.19. The van der Waals surface area contributed by atoms with Gasteiger partial charge in [-0.2, -0.15) is 5.10 Å². The maximum absolute atomic E-state index is 13.6. The maximum Gasteiger partial charge on any atom is 0.244 e. The van der Waals surface area contributed by atoms with E-state index in [0.717, 1.165) is 0 Å². The minimum atomic E-state index is -0.430. The van der Waals surface area contributed by atoms with E-state index in [1.165, 1.54) is 27.9 Å². The third kappa shape index (κ3) is 3.27. The molecule has 106 valence electrons. The highest BCUT2D eigenvalue weighted by atomic mass is 35.5. The number of hydrogen-bond acceptors (Lipinski definition) is 3. The summed E-state index contributed by atoms with van der Waals surface area (Å²) in [5, 5.41) is 4.22. The summed E-state index contributed by atoms with van der Waals surface area (Å²) in [7, 11) is 1.58. The highest BCUT2D eigenvalue weighted by molar-refractivity contribution is 6.31. The summed E-state index contributed by atoms with van der Waals surface area (Å²) < 4.78 is 15.1. The van der Waals surface area contributed by atoms with Crippen LogP contribution in [-0.4, -0.2) is 27.6 Å². The molecule has 2 N–H and O–H groups in total. The monoisotopic (exact) mass is 296 g/mol. The van der Waals surface area contributed by atoms with Crippen LogP contribution in [0.2, 0.25) is 5.02 Å². The van der Waals surface area contributed by atoms with Crippen LogP contribution in [0, 0.1) is 5.82 Å². The number of carbonyl (C=O) groups is 1. The minimum Gasteiger partial charge on any atom is -0.396 e. The Hall–Kier alpha value is -2.08. The molecule has 2 rings (SSSR count). The molecule has 0 bridgehead atoms. The number of rotatable bonds is 4. The molecule has 5 nitrogen and oxygen atoms in total. The molecule has 1 aromatic heterocycles. The number of aromatic nitrogens is 2. The Kier molecular flexibility index (Phi) is 4.24. The summed E-state index contributed by atoms with van der Waals surface area (Å²) in [6.45, 7) is 0.140. The smallest absolute Gasteiger partial charge is 0.244 e. The zero-order valence-corrected chi connectivity index (χ0v) is 11.6. The van der Waals surface area contributed by atoms with Crippen molar-refractivity contribution in [1.82, 2.24) is 14.7 Å². The van der Waals surface area contributed by atoms with Crippen LogP contribution in [-0.2, 0) is 17.9 Å². The molecule has 0 aliphatic heterocycles. The van der Waals surface area contributed by atoms with Crippen molar-refractivity contribution in [1.29, 1.82) is 0 Å². The average molecular weight is 297 g/mol. The van der Waals surface area contributed by atoms with Crippen LogP contribution in [0.15, 0.2) is 30.6 Å². The molecular formula is C13H14ClFN4O. The number of amides is 1. The predicted octanol–water partition coefficient (Wildman–Crippen LogP) is 1.92. The SMILES string of the molecule is CN(Cc1c(F)cccc1Cl)C(=O)Cn1cc(N)cn1. The van der Waals surface area contributed by atoms with E-state index in [0.29, 0.717) is 16.3 Å². The summed E-state index contributed by atoms with van der Waals surface area (Å²) >= 11 is 5.93. The number of carbonyl (C=O) groups excluding carboxylic acids is 1. The molecule has 0 atom stereocenters. The number of nitrogens with zero attached hydrogens (tertiary/aromatic N) is 3. The van der Waals surface area contributed by atoms with Crippen molar-refractivity contribution >= 4 is 23.2 Å². The number of halogens is 2. The van der Waals surface area contributed by atoms with Crippen LogP contribution < -0.4 is 5.73 Å². The van der Waals surface area contributed by atoms with Gasteiger partial charge in [-0.25, -0.2) is 4.39 Å². The van der Waals surface area contributed by atoms with Crippen molar-refractivity contribution in [2.45, 2.75) is 13.1 Å². The van der Waals surface area contributed by atoms with Crippen LogP contribution in [0.4, 0.5) is 10.1 Å². The third-order valence-electron chi connectivity index (χ3n) is 2.83. The van der Waals surface area contributed by atoms with Crippen molar-refractivity contribution in [3.8, 4) is 0 Å². The Morgan fingerprint density at radius 3 is 2.90 bits per heavy atom. The molecule has 0 fully saturated rings. The maximum atomic E-state index is 13.6. The molecule has 1 heterocycles.